The molecule has 1 fully saturated rings. The molecular formula is C18H25BrN2O3. The maximum absolute atomic E-state index is 12.1. The number of hydrogen-bond donors (Lipinski definition) is 1. The van der Waals surface area contributed by atoms with Gasteiger partial charge in [-0.3, -0.25) is 4.79 Å². The lowest BCUT2D eigenvalue weighted by Gasteiger charge is -2.36. The first-order valence-electron chi connectivity index (χ1n) is 8.20. The van der Waals surface area contributed by atoms with Crippen molar-refractivity contribution in [3.05, 3.63) is 34.3 Å². The van der Waals surface area contributed by atoms with E-state index in [9.17, 15) is 9.59 Å². The quantitative estimate of drug-likeness (QED) is 0.846. The van der Waals surface area contributed by atoms with Gasteiger partial charge in [0.25, 0.3) is 0 Å². The Hall–Kier alpha value is -1.56. The predicted molar refractivity (Wildman–Crippen MR) is 96.6 cm³/mol. The molecule has 24 heavy (non-hydrogen) atoms. The Morgan fingerprint density at radius 3 is 2.21 bits per heavy atom. The van der Waals surface area contributed by atoms with Gasteiger partial charge in [0.1, 0.15) is 5.60 Å². The second kappa shape index (κ2) is 7.55. The Morgan fingerprint density at radius 2 is 1.75 bits per heavy atom. The Bertz CT molecular complexity index is 587. The van der Waals surface area contributed by atoms with Gasteiger partial charge in [-0.15, -0.1) is 0 Å². The highest BCUT2D eigenvalue weighted by atomic mass is 79.9. The lowest BCUT2D eigenvalue weighted by molar-refractivity contribution is -0.121. The van der Waals surface area contributed by atoms with E-state index in [1.165, 1.54) is 0 Å². The van der Waals surface area contributed by atoms with E-state index in [0.717, 1.165) is 22.9 Å². The smallest absolute Gasteiger partial charge is 0.410 e. The molecular weight excluding hydrogens is 372 g/mol. The molecule has 0 saturated carbocycles. The van der Waals surface area contributed by atoms with Crippen LogP contribution in [0.25, 0.3) is 0 Å². The zero-order valence-electron chi connectivity index (χ0n) is 14.4. The van der Waals surface area contributed by atoms with Crippen LogP contribution in [0.5, 0.6) is 0 Å². The van der Waals surface area contributed by atoms with Crippen molar-refractivity contribution in [3.8, 4) is 0 Å². The number of rotatable bonds is 3. The zero-order valence-corrected chi connectivity index (χ0v) is 16.0. The number of ether oxygens (including phenoxy) is 1. The highest BCUT2D eigenvalue weighted by Gasteiger charge is 2.33. The molecule has 2 amide bonds. The van der Waals surface area contributed by atoms with Gasteiger partial charge < -0.3 is 15.4 Å². The molecule has 0 aromatic heterocycles. The van der Waals surface area contributed by atoms with Gasteiger partial charge in [0, 0.05) is 17.6 Å². The summed E-state index contributed by atoms with van der Waals surface area (Å²) >= 11 is 3.40. The summed E-state index contributed by atoms with van der Waals surface area (Å²) in [5, 5.41) is 0. The van der Waals surface area contributed by atoms with E-state index in [1.54, 1.807) is 4.90 Å². The number of piperidine rings is 1. The van der Waals surface area contributed by atoms with Crippen molar-refractivity contribution in [1.29, 1.82) is 0 Å². The summed E-state index contributed by atoms with van der Waals surface area (Å²) in [4.78, 5) is 25.8. The number of nitrogens with two attached hydrogens (primary N) is 1. The molecule has 0 radical (unpaired) electrons. The van der Waals surface area contributed by atoms with E-state index in [-0.39, 0.29) is 23.8 Å². The van der Waals surface area contributed by atoms with E-state index in [4.69, 9.17) is 10.5 Å². The zero-order chi connectivity index (χ0) is 17.9. The number of amides is 2. The van der Waals surface area contributed by atoms with Gasteiger partial charge in [-0.1, -0.05) is 28.1 Å². The molecule has 1 aromatic carbocycles. The maximum atomic E-state index is 12.1. The molecule has 2 N–H and O–H groups in total. The summed E-state index contributed by atoms with van der Waals surface area (Å²) in [6.45, 7) is 6.73. The van der Waals surface area contributed by atoms with Crippen LogP contribution in [0, 0.1) is 5.92 Å². The van der Waals surface area contributed by atoms with Gasteiger partial charge in [0.2, 0.25) is 5.91 Å². The summed E-state index contributed by atoms with van der Waals surface area (Å²) in [7, 11) is 0. The minimum Gasteiger partial charge on any atom is -0.444 e. The first kappa shape index (κ1) is 18.8. The van der Waals surface area contributed by atoms with Gasteiger partial charge in [-0.05, 0) is 57.2 Å². The molecule has 0 bridgehead atoms. The molecule has 132 valence electrons. The topological polar surface area (TPSA) is 72.6 Å². The van der Waals surface area contributed by atoms with E-state index < -0.39 is 5.60 Å². The van der Waals surface area contributed by atoms with Gasteiger partial charge in [-0.25, -0.2) is 4.79 Å². The SMILES string of the molecule is CC(C)(C)OC(=O)N1CCC(C(C(N)=O)c2ccc(Br)cc2)CC1. The number of nitrogens with zero attached hydrogens (tertiary/aromatic N) is 1. The number of benzene rings is 1. The van der Waals surface area contributed by atoms with E-state index in [2.05, 4.69) is 15.9 Å². The monoisotopic (exact) mass is 396 g/mol. The molecule has 1 saturated heterocycles. The van der Waals surface area contributed by atoms with Crippen molar-refractivity contribution in [1.82, 2.24) is 4.90 Å². The minimum absolute atomic E-state index is 0.141. The first-order valence-corrected chi connectivity index (χ1v) is 8.99. The Kier molecular flexibility index (Phi) is 5.91. The number of likely N-dealkylation sites (tertiary alicyclic amines) is 1. The van der Waals surface area contributed by atoms with Gasteiger partial charge in [0.05, 0.1) is 5.92 Å². The number of carbonyl (C=O) groups excluding carboxylic acids is 2. The second-order valence-corrected chi connectivity index (χ2v) is 8.15. The molecule has 0 aliphatic carbocycles. The molecule has 1 atom stereocenters. The summed E-state index contributed by atoms with van der Waals surface area (Å²) in [6.07, 6.45) is 1.19. The van der Waals surface area contributed by atoms with Crippen LogP contribution in [-0.4, -0.2) is 35.6 Å². The Morgan fingerprint density at radius 1 is 1.21 bits per heavy atom. The Balaban J connectivity index is 2.02. The number of halogens is 1. The largest absolute Gasteiger partial charge is 0.444 e. The van der Waals surface area contributed by atoms with Gasteiger partial charge in [0.15, 0.2) is 0 Å². The lowest BCUT2D eigenvalue weighted by atomic mass is 9.79. The van der Waals surface area contributed by atoms with Crippen molar-refractivity contribution in [3.63, 3.8) is 0 Å². The number of carbonyl (C=O) groups is 2. The molecule has 0 spiro atoms. The van der Waals surface area contributed by atoms with Crippen LogP contribution in [0.3, 0.4) is 0 Å². The summed E-state index contributed by atoms with van der Waals surface area (Å²) < 4.78 is 6.38. The highest BCUT2D eigenvalue weighted by Crippen LogP contribution is 2.33. The van der Waals surface area contributed by atoms with E-state index in [0.29, 0.717) is 13.1 Å². The molecule has 2 rings (SSSR count). The van der Waals surface area contributed by atoms with Crippen LogP contribution in [-0.2, 0) is 9.53 Å². The molecule has 1 heterocycles. The normalized spacial score (nSPS) is 17.4. The van der Waals surface area contributed by atoms with Crippen molar-refractivity contribution in [2.75, 3.05) is 13.1 Å². The number of hydrogen-bond acceptors (Lipinski definition) is 3. The third-order valence-corrected chi connectivity index (χ3v) is 4.73. The maximum Gasteiger partial charge on any atom is 0.410 e. The van der Waals surface area contributed by atoms with Crippen LogP contribution in [0.4, 0.5) is 4.79 Å². The molecule has 1 aliphatic heterocycles. The molecule has 1 unspecified atom stereocenters. The van der Waals surface area contributed by atoms with Crippen molar-refractivity contribution in [2.45, 2.75) is 45.1 Å². The average Bonchev–Trinajstić information content (AvgIpc) is 2.48. The Labute approximate surface area is 151 Å². The fourth-order valence-corrected chi connectivity index (χ4v) is 3.35. The minimum atomic E-state index is -0.499. The van der Waals surface area contributed by atoms with Crippen LogP contribution < -0.4 is 5.73 Å². The van der Waals surface area contributed by atoms with Crippen LogP contribution in [0.15, 0.2) is 28.7 Å². The summed E-state index contributed by atoms with van der Waals surface area (Å²) in [6, 6.07) is 7.70. The molecule has 1 aromatic rings. The van der Waals surface area contributed by atoms with Gasteiger partial charge >= 0.3 is 6.09 Å². The fourth-order valence-electron chi connectivity index (χ4n) is 3.08. The standard InChI is InChI=1S/C18H25BrN2O3/c1-18(2,3)24-17(23)21-10-8-13(9-11-21)15(16(20)22)12-4-6-14(19)7-5-12/h4-7,13,15H,8-11H2,1-3H3,(H2,20,22). The van der Waals surface area contributed by atoms with Crippen molar-refractivity contribution in [2.24, 2.45) is 11.7 Å². The highest BCUT2D eigenvalue weighted by molar-refractivity contribution is 9.10. The van der Waals surface area contributed by atoms with Crippen LogP contribution >= 0.6 is 15.9 Å². The molecule has 1 aliphatic rings. The van der Waals surface area contributed by atoms with Crippen LogP contribution in [0.1, 0.15) is 45.1 Å². The first-order chi connectivity index (χ1) is 11.2. The van der Waals surface area contributed by atoms with Crippen molar-refractivity contribution < 1.29 is 14.3 Å². The van der Waals surface area contributed by atoms with Crippen LogP contribution in [0.2, 0.25) is 0 Å². The van der Waals surface area contributed by atoms with E-state index in [1.807, 2.05) is 45.0 Å². The third kappa shape index (κ3) is 4.97. The molecule has 5 nitrogen and oxygen atoms in total. The average molecular weight is 397 g/mol. The third-order valence-electron chi connectivity index (χ3n) is 4.20. The van der Waals surface area contributed by atoms with Gasteiger partial charge in [-0.2, -0.15) is 0 Å². The summed E-state index contributed by atoms with van der Waals surface area (Å²) in [5.41, 5.74) is 6.09. The molecule has 6 heteroatoms. The predicted octanol–water partition coefficient (Wildman–Crippen LogP) is 3.67. The van der Waals surface area contributed by atoms with E-state index >= 15 is 0 Å². The fraction of sp³-hybridized carbons (Fsp3) is 0.556. The van der Waals surface area contributed by atoms with Crippen molar-refractivity contribution >= 4 is 27.9 Å². The summed E-state index contributed by atoms with van der Waals surface area (Å²) in [5.74, 6) is -0.491. The second-order valence-electron chi connectivity index (χ2n) is 7.24. The number of primary amides is 1. The lowest BCUT2D eigenvalue weighted by Crippen LogP contribution is -2.43.